The normalized spacial score (nSPS) is 13.9. The Labute approximate surface area is 98.1 Å². The van der Waals surface area contributed by atoms with E-state index in [0.717, 1.165) is 19.3 Å². The van der Waals surface area contributed by atoms with E-state index >= 15 is 0 Å². The highest BCUT2D eigenvalue weighted by Gasteiger charge is 2.18. The average molecular weight is 254 g/mol. The first-order valence-electron chi connectivity index (χ1n) is 5.74. The van der Waals surface area contributed by atoms with E-state index in [1.165, 1.54) is 0 Å². The molecule has 0 rings (SSSR count). The van der Waals surface area contributed by atoms with Gasteiger partial charge in [-0.2, -0.15) is 8.42 Å². The molecule has 0 saturated carbocycles. The van der Waals surface area contributed by atoms with E-state index < -0.39 is 10.4 Å². The largest absolute Gasteiger partial charge is 0.400 e. The fourth-order valence-corrected chi connectivity index (χ4v) is 2.18. The molecule has 5 nitrogen and oxygen atoms in total. The molecule has 0 aliphatic carbocycles. The predicted molar refractivity (Wildman–Crippen MR) is 61.3 cm³/mol. The van der Waals surface area contributed by atoms with Gasteiger partial charge in [-0.1, -0.05) is 33.1 Å². The van der Waals surface area contributed by atoms with Gasteiger partial charge in [0.1, 0.15) is 0 Å². The van der Waals surface area contributed by atoms with Crippen molar-refractivity contribution in [3.63, 3.8) is 0 Å². The molecule has 1 atom stereocenters. The minimum Gasteiger partial charge on any atom is -0.394 e. The number of aliphatic hydroxyl groups is 1. The Balaban J connectivity index is 3.99. The first kappa shape index (κ1) is 15.8. The average Bonchev–Trinajstić information content (AvgIpc) is 2.25. The smallest absolute Gasteiger partial charge is 0.394 e. The van der Waals surface area contributed by atoms with Crippen LogP contribution in [-0.2, 0) is 18.8 Å². The predicted octanol–water partition coefficient (Wildman–Crippen LogP) is 1.62. The summed E-state index contributed by atoms with van der Waals surface area (Å²) >= 11 is 0. The Hall–Kier alpha value is -0.170. The lowest BCUT2D eigenvalue weighted by atomic mass is 10.1. The SMILES string of the molecule is CCCCCC(CC)OS(=O)(=O)OCCO. The molecule has 0 amide bonds. The van der Waals surface area contributed by atoms with E-state index in [4.69, 9.17) is 9.29 Å². The third-order valence-electron chi connectivity index (χ3n) is 2.16. The van der Waals surface area contributed by atoms with Gasteiger partial charge < -0.3 is 5.11 Å². The van der Waals surface area contributed by atoms with E-state index in [0.29, 0.717) is 12.8 Å². The van der Waals surface area contributed by atoms with Crippen LogP contribution >= 0.6 is 0 Å². The van der Waals surface area contributed by atoms with Crippen molar-refractivity contribution in [3.8, 4) is 0 Å². The molecule has 0 aromatic rings. The highest BCUT2D eigenvalue weighted by molar-refractivity contribution is 7.81. The maximum absolute atomic E-state index is 11.2. The number of hydrogen-bond donors (Lipinski definition) is 1. The number of hydrogen-bond acceptors (Lipinski definition) is 5. The number of rotatable bonds is 10. The lowest BCUT2D eigenvalue weighted by Gasteiger charge is -2.14. The Morgan fingerprint density at radius 2 is 1.94 bits per heavy atom. The van der Waals surface area contributed by atoms with Crippen LogP contribution in [0.25, 0.3) is 0 Å². The Kier molecular flexibility index (Phi) is 8.83. The Morgan fingerprint density at radius 3 is 2.44 bits per heavy atom. The summed E-state index contributed by atoms with van der Waals surface area (Å²) in [5.41, 5.74) is 0. The summed E-state index contributed by atoms with van der Waals surface area (Å²) in [7, 11) is -3.95. The molecule has 0 aliphatic heterocycles. The van der Waals surface area contributed by atoms with Gasteiger partial charge in [0.25, 0.3) is 0 Å². The Bertz CT molecular complexity index is 250. The zero-order chi connectivity index (χ0) is 12.4. The van der Waals surface area contributed by atoms with Crippen molar-refractivity contribution >= 4 is 10.4 Å². The standard InChI is InChI=1S/C10H22O5S/c1-3-5-6-7-10(4-2)15-16(12,13)14-9-8-11/h10-11H,3-9H2,1-2H3. The van der Waals surface area contributed by atoms with E-state index in [9.17, 15) is 8.42 Å². The van der Waals surface area contributed by atoms with Gasteiger partial charge in [0.05, 0.1) is 19.3 Å². The van der Waals surface area contributed by atoms with Gasteiger partial charge in [-0.05, 0) is 12.8 Å². The van der Waals surface area contributed by atoms with Gasteiger partial charge in [-0.25, -0.2) is 8.37 Å². The van der Waals surface area contributed by atoms with Gasteiger partial charge in [-0.15, -0.1) is 0 Å². The maximum Gasteiger partial charge on any atom is 0.400 e. The summed E-state index contributed by atoms with van der Waals surface area (Å²) in [5, 5.41) is 8.45. The summed E-state index contributed by atoms with van der Waals surface area (Å²) in [6, 6.07) is 0. The van der Waals surface area contributed by atoms with E-state index in [1.54, 1.807) is 0 Å². The fraction of sp³-hybridized carbons (Fsp3) is 1.00. The molecule has 0 aliphatic rings. The van der Waals surface area contributed by atoms with Crippen molar-refractivity contribution in [3.05, 3.63) is 0 Å². The van der Waals surface area contributed by atoms with E-state index in [2.05, 4.69) is 11.1 Å². The molecule has 0 spiro atoms. The van der Waals surface area contributed by atoms with Crippen LogP contribution in [0.3, 0.4) is 0 Å². The molecule has 0 radical (unpaired) electrons. The molecule has 0 bridgehead atoms. The minimum atomic E-state index is -3.95. The Morgan fingerprint density at radius 1 is 1.25 bits per heavy atom. The highest BCUT2D eigenvalue weighted by Crippen LogP contribution is 2.13. The molecule has 0 saturated heterocycles. The van der Waals surface area contributed by atoms with Crippen LogP contribution in [0, 0.1) is 0 Å². The van der Waals surface area contributed by atoms with Gasteiger partial charge in [-0.3, -0.25) is 0 Å². The van der Waals surface area contributed by atoms with Crippen LogP contribution in [0.1, 0.15) is 46.0 Å². The summed E-state index contributed by atoms with van der Waals surface area (Å²) in [4.78, 5) is 0. The third kappa shape index (κ3) is 8.04. The summed E-state index contributed by atoms with van der Waals surface area (Å²) in [6.45, 7) is 3.37. The maximum atomic E-state index is 11.2. The molecule has 98 valence electrons. The van der Waals surface area contributed by atoms with Gasteiger partial charge in [0.2, 0.25) is 0 Å². The van der Waals surface area contributed by atoms with Crippen molar-refractivity contribution in [2.24, 2.45) is 0 Å². The van der Waals surface area contributed by atoms with Gasteiger partial charge in [0.15, 0.2) is 0 Å². The molecule has 1 N–H and O–H groups in total. The monoisotopic (exact) mass is 254 g/mol. The second kappa shape index (κ2) is 8.92. The second-order valence-electron chi connectivity index (χ2n) is 3.58. The molecular weight excluding hydrogens is 232 g/mol. The van der Waals surface area contributed by atoms with Crippen LogP contribution in [0.5, 0.6) is 0 Å². The second-order valence-corrected chi connectivity index (χ2v) is 4.82. The highest BCUT2D eigenvalue weighted by atomic mass is 32.3. The van der Waals surface area contributed by atoms with E-state index in [-0.39, 0.29) is 19.3 Å². The van der Waals surface area contributed by atoms with E-state index in [1.807, 2.05) is 6.92 Å². The lowest BCUT2D eigenvalue weighted by molar-refractivity contribution is 0.128. The van der Waals surface area contributed by atoms with Crippen molar-refractivity contribution in [1.29, 1.82) is 0 Å². The van der Waals surface area contributed by atoms with Gasteiger partial charge in [0, 0.05) is 0 Å². The topological polar surface area (TPSA) is 72.8 Å². The zero-order valence-electron chi connectivity index (χ0n) is 10.0. The van der Waals surface area contributed by atoms with Crippen LogP contribution in [0.2, 0.25) is 0 Å². The van der Waals surface area contributed by atoms with Crippen molar-refractivity contribution in [2.75, 3.05) is 13.2 Å². The first-order valence-corrected chi connectivity index (χ1v) is 7.07. The molecule has 1 unspecified atom stereocenters. The van der Waals surface area contributed by atoms with Crippen LogP contribution < -0.4 is 0 Å². The van der Waals surface area contributed by atoms with Gasteiger partial charge >= 0.3 is 10.4 Å². The van der Waals surface area contributed by atoms with Crippen molar-refractivity contribution in [2.45, 2.75) is 52.1 Å². The molecule has 0 aromatic heterocycles. The third-order valence-corrected chi connectivity index (χ3v) is 3.12. The molecular formula is C10H22O5S. The number of unbranched alkanes of at least 4 members (excludes halogenated alkanes) is 2. The quantitative estimate of drug-likeness (QED) is 0.600. The molecule has 16 heavy (non-hydrogen) atoms. The van der Waals surface area contributed by atoms with Crippen LogP contribution in [-0.4, -0.2) is 32.8 Å². The first-order chi connectivity index (χ1) is 7.55. The summed E-state index contributed by atoms with van der Waals surface area (Å²) in [6.07, 6.45) is 4.12. The fourth-order valence-electron chi connectivity index (χ4n) is 1.28. The van der Waals surface area contributed by atoms with Crippen LogP contribution in [0.15, 0.2) is 0 Å². The van der Waals surface area contributed by atoms with Crippen molar-refractivity contribution < 1.29 is 21.9 Å². The zero-order valence-corrected chi connectivity index (χ0v) is 10.8. The van der Waals surface area contributed by atoms with Crippen LogP contribution in [0.4, 0.5) is 0 Å². The lowest BCUT2D eigenvalue weighted by Crippen LogP contribution is -2.20. The number of aliphatic hydroxyl groups excluding tert-OH is 1. The molecule has 0 fully saturated rings. The molecule has 6 heteroatoms. The molecule has 0 heterocycles. The van der Waals surface area contributed by atoms with Crippen molar-refractivity contribution in [1.82, 2.24) is 0 Å². The summed E-state index contributed by atoms with van der Waals surface area (Å²) in [5.74, 6) is 0. The summed E-state index contributed by atoms with van der Waals surface area (Å²) < 4.78 is 31.8. The minimum absolute atomic E-state index is 0.256. The molecule has 0 aromatic carbocycles.